The number of hydrogen-bond acceptors (Lipinski definition) is 2. The van der Waals surface area contributed by atoms with Crippen LogP contribution in [0.2, 0.25) is 0 Å². The first kappa shape index (κ1) is 14.6. The summed E-state index contributed by atoms with van der Waals surface area (Å²) < 4.78 is 6.24. The molecule has 21 heavy (non-hydrogen) atoms. The SMILES string of the molecule is CCN(C)C=Nc1ccc2c(c1)CCOC21CCCCC1. The van der Waals surface area contributed by atoms with Gasteiger partial charge in [0.15, 0.2) is 0 Å². The van der Waals surface area contributed by atoms with Crippen LogP contribution < -0.4 is 0 Å². The number of benzene rings is 1. The second kappa shape index (κ2) is 6.18. The normalized spacial score (nSPS) is 20.7. The van der Waals surface area contributed by atoms with Gasteiger partial charge in [0.05, 0.1) is 24.2 Å². The Morgan fingerprint density at radius 3 is 2.86 bits per heavy atom. The van der Waals surface area contributed by atoms with Gasteiger partial charge in [-0.05, 0) is 49.4 Å². The monoisotopic (exact) mass is 286 g/mol. The molecule has 1 spiro atoms. The van der Waals surface area contributed by atoms with Crippen LogP contribution >= 0.6 is 0 Å². The first-order chi connectivity index (χ1) is 10.2. The van der Waals surface area contributed by atoms with Gasteiger partial charge in [-0.1, -0.05) is 25.3 Å². The number of rotatable bonds is 3. The molecule has 2 aliphatic rings. The lowest BCUT2D eigenvalue weighted by atomic mass is 9.76. The largest absolute Gasteiger partial charge is 0.370 e. The predicted octanol–water partition coefficient (Wildman–Crippen LogP) is 4.03. The molecule has 1 aromatic rings. The highest BCUT2D eigenvalue weighted by Crippen LogP contribution is 2.44. The molecule has 0 radical (unpaired) electrons. The summed E-state index contributed by atoms with van der Waals surface area (Å²) in [4.78, 5) is 6.67. The Hall–Kier alpha value is -1.35. The van der Waals surface area contributed by atoms with Gasteiger partial charge >= 0.3 is 0 Å². The van der Waals surface area contributed by atoms with Gasteiger partial charge in [-0.25, -0.2) is 4.99 Å². The summed E-state index contributed by atoms with van der Waals surface area (Å²) in [5.74, 6) is 0. The lowest BCUT2D eigenvalue weighted by Crippen LogP contribution is -2.37. The standard InChI is InChI=1S/C18H26N2O/c1-3-20(2)14-19-16-7-8-17-15(13-16)9-12-21-18(17)10-5-4-6-11-18/h7-8,13-14H,3-6,9-12H2,1-2H3. The van der Waals surface area contributed by atoms with Gasteiger partial charge < -0.3 is 9.64 Å². The third kappa shape index (κ3) is 2.98. The van der Waals surface area contributed by atoms with Gasteiger partial charge in [-0.15, -0.1) is 0 Å². The zero-order valence-corrected chi connectivity index (χ0v) is 13.3. The maximum atomic E-state index is 6.24. The third-order valence-corrected chi connectivity index (χ3v) is 4.89. The Morgan fingerprint density at radius 1 is 1.29 bits per heavy atom. The first-order valence-corrected chi connectivity index (χ1v) is 8.25. The molecule has 1 aliphatic heterocycles. The Labute approximate surface area is 128 Å². The van der Waals surface area contributed by atoms with Crippen LogP contribution in [0.1, 0.15) is 50.2 Å². The molecule has 1 saturated carbocycles. The van der Waals surface area contributed by atoms with E-state index >= 15 is 0 Å². The number of nitrogens with zero attached hydrogens (tertiary/aromatic N) is 2. The maximum absolute atomic E-state index is 6.24. The average molecular weight is 286 g/mol. The van der Waals surface area contributed by atoms with Crippen molar-refractivity contribution in [3.63, 3.8) is 0 Å². The van der Waals surface area contributed by atoms with Crippen LogP contribution in [0.3, 0.4) is 0 Å². The van der Waals surface area contributed by atoms with Crippen LogP contribution in [-0.2, 0) is 16.8 Å². The quantitative estimate of drug-likeness (QED) is 0.619. The second-order valence-corrected chi connectivity index (χ2v) is 6.31. The molecule has 114 valence electrons. The fourth-order valence-corrected chi connectivity index (χ4v) is 3.53. The van der Waals surface area contributed by atoms with E-state index in [1.807, 2.05) is 13.4 Å². The molecule has 1 heterocycles. The molecule has 1 aromatic carbocycles. The molecule has 3 nitrogen and oxygen atoms in total. The Bertz CT molecular complexity index is 518. The number of aliphatic imine (C=N–C) groups is 1. The van der Waals surface area contributed by atoms with Gasteiger partial charge in [0.2, 0.25) is 0 Å². The topological polar surface area (TPSA) is 24.8 Å². The molecule has 0 atom stereocenters. The highest BCUT2D eigenvalue weighted by atomic mass is 16.5. The van der Waals surface area contributed by atoms with Crippen molar-refractivity contribution in [2.45, 2.75) is 51.0 Å². The van der Waals surface area contributed by atoms with E-state index < -0.39 is 0 Å². The van der Waals surface area contributed by atoms with Crippen molar-refractivity contribution < 1.29 is 4.74 Å². The predicted molar refractivity (Wildman–Crippen MR) is 87.3 cm³/mol. The van der Waals surface area contributed by atoms with Crippen LogP contribution in [0, 0.1) is 0 Å². The van der Waals surface area contributed by atoms with Crippen molar-refractivity contribution in [2.75, 3.05) is 20.2 Å². The van der Waals surface area contributed by atoms with Crippen LogP contribution in [0.5, 0.6) is 0 Å². The minimum atomic E-state index is 0.00822. The van der Waals surface area contributed by atoms with E-state index in [1.165, 1.54) is 43.2 Å². The molecule has 0 saturated heterocycles. The summed E-state index contributed by atoms with van der Waals surface area (Å²) >= 11 is 0. The van der Waals surface area contributed by atoms with Gasteiger partial charge in [0.25, 0.3) is 0 Å². The van der Waals surface area contributed by atoms with Crippen LogP contribution in [-0.4, -0.2) is 31.4 Å². The first-order valence-electron chi connectivity index (χ1n) is 8.25. The smallest absolute Gasteiger partial charge is 0.0934 e. The molecule has 0 unspecified atom stereocenters. The molecule has 0 N–H and O–H groups in total. The number of fused-ring (bicyclic) bond motifs is 2. The Balaban J connectivity index is 1.87. The zero-order valence-electron chi connectivity index (χ0n) is 13.3. The van der Waals surface area contributed by atoms with Gasteiger partial charge in [-0.3, -0.25) is 0 Å². The van der Waals surface area contributed by atoms with E-state index in [-0.39, 0.29) is 5.60 Å². The van der Waals surface area contributed by atoms with Crippen molar-refractivity contribution in [2.24, 2.45) is 4.99 Å². The lowest BCUT2D eigenvalue weighted by molar-refractivity contribution is -0.0847. The molecule has 0 bridgehead atoms. The van der Waals surface area contributed by atoms with Crippen molar-refractivity contribution in [1.82, 2.24) is 4.90 Å². The van der Waals surface area contributed by atoms with Crippen molar-refractivity contribution in [1.29, 1.82) is 0 Å². The van der Waals surface area contributed by atoms with Gasteiger partial charge in [0, 0.05) is 13.6 Å². The summed E-state index contributed by atoms with van der Waals surface area (Å²) in [7, 11) is 2.05. The van der Waals surface area contributed by atoms with E-state index in [0.717, 1.165) is 25.3 Å². The zero-order chi connectivity index (χ0) is 14.7. The molecule has 1 aliphatic carbocycles. The van der Waals surface area contributed by atoms with Gasteiger partial charge in [0.1, 0.15) is 0 Å². The van der Waals surface area contributed by atoms with E-state index in [1.54, 1.807) is 0 Å². The van der Waals surface area contributed by atoms with Gasteiger partial charge in [-0.2, -0.15) is 0 Å². The number of hydrogen-bond donors (Lipinski definition) is 0. The minimum absolute atomic E-state index is 0.00822. The highest BCUT2D eigenvalue weighted by Gasteiger charge is 2.38. The van der Waals surface area contributed by atoms with E-state index in [0.29, 0.717) is 0 Å². The van der Waals surface area contributed by atoms with Crippen molar-refractivity contribution in [3.05, 3.63) is 29.3 Å². The van der Waals surface area contributed by atoms with Crippen LogP contribution in [0.25, 0.3) is 0 Å². The lowest BCUT2D eigenvalue weighted by Gasteiger charge is -2.42. The Kier molecular flexibility index (Phi) is 4.29. The van der Waals surface area contributed by atoms with E-state index in [2.05, 4.69) is 35.0 Å². The fraction of sp³-hybridized carbons (Fsp3) is 0.611. The third-order valence-electron chi connectivity index (χ3n) is 4.89. The van der Waals surface area contributed by atoms with Crippen LogP contribution in [0.15, 0.2) is 23.2 Å². The summed E-state index contributed by atoms with van der Waals surface area (Å²) in [5, 5.41) is 0. The van der Waals surface area contributed by atoms with E-state index in [9.17, 15) is 0 Å². The molecular weight excluding hydrogens is 260 g/mol. The average Bonchev–Trinajstić information content (AvgIpc) is 2.53. The van der Waals surface area contributed by atoms with E-state index in [4.69, 9.17) is 4.74 Å². The second-order valence-electron chi connectivity index (χ2n) is 6.31. The highest BCUT2D eigenvalue weighted by molar-refractivity contribution is 5.62. The summed E-state index contributed by atoms with van der Waals surface area (Å²) in [6.45, 7) is 3.96. The maximum Gasteiger partial charge on any atom is 0.0934 e. The molecule has 1 fully saturated rings. The number of ether oxygens (including phenoxy) is 1. The summed E-state index contributed by atoms with van der Waals surface area (Å²) in [6, 6.07) is 6.66. The fourth-order valence-electron chi connectivity index (χ4n) is 3.53. The van der Waals surface area contributed by atoms with Crippen molar-refractivity contribution >= 4 is 12.0 Å². The molecule has 3 rings (SSSR count). The molecular formula is C18H26N2O. The molecule has 3 heteroatoms. The summed E-state index contributed by atoms with van der Waals surface area (Å²) in [6.07, 6.45) is 9.23. The van der Waals surface area contributed by atoms with Crippen molar-refractivity contribution in [3.8, 4) is 0 Å². The summed E-state index contributed by atoms with van der Waals surface area (Å²) in [5.41, 5.74) is 3.93. The van der Waals surface area contributed by atoms with Crippen LogP contribution in [0.4, 0.5) is 5.69 Å². The molecule has 0 aromatic heterocycles. The minimum Gasteiger partial charge on any atom is -0.370 e. The Morgan fingerprint density at radius 2 is 2.10 bits per heavy atom. The molecule has 0 amide bonds.